The zero-order valence-electron chi connectivity index (χ0n) is 25.6. The predicted molar refractivity (Wildman–Crippen MR) is 166 cm³/mol. The zero-order valence-corrected chi connectivity index (χ0v) is 27.9. The summed E-state index contributed by atoms with van der Waals surface area (Å²) in [7, 11) is 0. The minimum Gasteiger partial charge on any atom is -0.509 e. The summed E-state index contributed by atoms with van der Waals surface area (Å²) in [6, 6.07) is 26.3. The predicted octanol–water partition coefficient (Wildman–Crippen LogP) is 9.84. The van der Waals surface area contributed by atoms with Gasteiger partial charge in [0.1, 0.15) is 0 Å². The monoisotopic (exact) mass is 723 g/mol. The summed E-state index contributed by atoms with van der Waals surface area (Å²) in [5.74, 6) is 1.47. The smallest absolute Gasteiger partial charge is 0.509 e. The number of hydrogen-bond acceptors (Lipinski definition) is 2. The molecule has 0 saturated heterocycles. The van der Waals surface area contributed by atoms with Crippen molar-refractivity contribution in [1.82, 2.24) is 9.78 Å². The molecule has 4 heteroatoms. The van der Waals surface area contributed by atoms with Crippen molar-refractivity contribution in [3.63, 3.8) is 0 Å². The minimum absolute atomic E-state index is 0. The molecule has 0 N–H and O–H groups in total. The summed E-state index contributed by atoms with van der Waals surface area (Å²) in [5, 5.41) is 4.70. The standard InChI is InChI=1S/C37H40N2O.Pt/c1-10-26(36(4,5)6)15-17-33-31-13-11-12-14-32(31)34-18-16-29(23-35(33)34)40-30-21-27(37(7,8)9)20-28(22-30)39-25(3)19-24(2)38-39;/h10-21,33H,1-9H3;/q-2;+2/b17-15+,26-10+;. The summed E-state index contributed by atoms with van der Waals surface area (Å²) < 4.78 is 8.45. The summed E-state index contributed by atoms with van der Waals surface area (Å²) in [4.78, 5) is 0. The number of allylic oxidation sites excluding steroid dienone is 4. The van der Waals surface area contributed by atoms with Gasteiger partial charge in [0.25, 0.3) is 0 Å². The van der Waals surface area contributed by atoms with Crippen LogP contribution >= 0.6 is 0 Å². The van der Waals surface area contributed by atoms with Crippen LogP contribution in [0.5, 0.6) is 11.5 Å². The van der Waals surface area contributed by atoms with E-state index in [-0.39, 0.29) is 37.8 Å². The number of hydrogen-bond donors (Lipinski definition) is 0. The molecule has 214 valence electrons. The number of fused-ring (bicyclic) bond motifs is 3. The number of ether oxygens (including phenoxy) is 1. The Hall–Kier alpha value is -3.16. The molecular formula is C37H40N2OPt. The van der Waals surface area contributed by atoms with Crippen molar-refractivity contribution in [2.75, 3.05) is 0 Å². The van der Waals surface area contributed by atoms with Crippen LogP contribution in [0.3, 0.4) is 0 Å². The third-order valence-corrected chi connectivity index (χ3v) is 7.65. The molecule has 3 aromatic carbocycles. The van der Waals surface area contributed by atoms with Gasteiger partial charge in [-0.15, -0.1) is 47.0 Å². The van der Waals surface area contributed by atoms with Gasteiger partial charge in [0.05, 0.1) is 5.69 Å². The van der Waals surface area contributed by atoms with Crippen molar-refractivity contribution in [2.45, 2.75) is 73.6 Å². The van der Waals surface area contributed by atoms with Crippen LogP contribution < -0.4 is 4.74 Å². The molecule has 5 rings (SSSR count). The normalized spacial score (nSPS) is 15.0. The van der Waals surface area contributed by atoms with Gasteiger partial charge in [-0.2, -0.15) is 11.2 Å². The SMILES string of the molecule is C/C=C(\C=C\C1c2[c-]c(Oc3[c-]c(-n4nc(C)cc4C)cc(C(C)(C)C)c3)ccc2-c2ccccc21)C(C)(C)C.[Pt+2]. The summed E-state index contributed by atoms with van der Waals surface area (Å²) in [5.41, 5.74) is 10.4. The Morgan fingerprint density at radius 3 is 2.27 bits per heavy atom. The van der Waals surface area contributed by atoms with Crippen LogP contribution in [0.4, 0.5) is 0 Å². The second-order valence-corrected chi connectivity index (χ2v) is 12.9. The molecule has 0 bridgehead atoms. The summed E-state index contributed by atoms with van der Waals surface area (Å²) in [6.07, 6.45) is 6.80. The molecule has 1 aliphatic carbocycles. The van der Waals surface area contributed by atoms with Crippen molar-refractivity contribution in [3.8, 4) is 28.3 Å². The first-order valence-electron chi connectivity index (χ1n) is 14.1. The van der Waals surface area contributed by atoms with Crippen LogP contribution in [0.15, 0.2) is 78.4 Å². The Morgan fingerprint density at radius 2 is 1.63 bits per heavy atom. The van der Waals surface area contributed by atoms with Gasteiger partial charge in [0, 0.05) is 23.1 Å². The van der Waals surface area contributed by atoms with E-state index in [2.05, 4.69) is 134 Å². The Kier molecular flexibility index (Phi) is 8.72. The van der Waals surface area contributed by atoms with Gasteiger partial charge in [-0.3, -0.25) is 4.68 Å². The van der Waals surface area contributed by atoms with Crippen LogP contribution in [-0.2, 0) is 26.5 Å². The molecular weight excluding hydrogens is 683 g/mol. The molecule has 41 heavy (non-hydrogen) atoms. The summed E-state index contributed by atoms with van der Waals surface area (Å²) >= 11 is 0. The Balaban J connectivity index is 0.00000387. The molecule has 1 heterocycles. The number of aryl methyl sites for hydroxylation is 2. The maximum Gasteiger partial charge on any atom is 2.00 e. The second-order valence-electron chi connectivity index (χ2n) is 12.9. The van der Waals surface area contributed by atoms with Gasteiger partial charge < -0.3 is 4.74 Å². The van der Waals surface area contributed by atoms with Crippen LogP contribution in [0.1, 0.15) is 82.5 Å². The Morgan fingerprint density at radius 1 is 0.902 bits per heavy atom. The first-order valence-corrected chi connectivity index (χ1v) is 14.1. The van der Waals surface area contributed by atoms with E-state index in [0.717, 1.165) is 22.6 Å². The third-order valence-electron chi connectivity index (χ3n) is 7.65. The van der Waals surface area contributed by atoms with E-state index in [0.29, 0.717) is 11.5 Å². The number of benzene rings is 3. The van der Waals surface area contributed by atoms with Gasteiger partial charge in [-0.05, 0) is 54.5 Å². The molecule has 1 aliphatic rings. The van der Waals surface area contributed by atoms with E-state index in [1.807, 2.05) is 17.7 Å². The Labute approximate surface area is 260 Å². The van der Waals surface area contributed by atoms with Gasteiger partial charge in [-0.25, -0.2) is 0 Å². The van der Waals surface area contributed by atoms with Crippen molar-refractivity contribution < 1.29 is 25.8 Å². The van der Waals surface area contributed by atoms with E-state index in [1.165, 1.54) is 27.8 Å². The van der Waals surface area contributed by atoms with E-state index in [4.69, 9.17) is 9.84 Å². The number of rotatable bonds is 5. The molecule has 0 aliphatic heterocycles. The molecule has 3 nitrogen and oxygen atoms in total. The van der Waals surface area contributed by atoms with E-state index < -0.39 is 0 Å². The van der Waals surface area contributed by atoms with Gasteiger partial charge >= 0.3 is 21.1 Å². The van der Waals surface area contributed by atoms with Gasteiger partial charge in [0.2, 0.25) is 0 Å². The molecule has 0 spiro atoms. The number of aromatic nitrogens is 2. The van der Waals surface area contributed by atoms with Crippen molar-refractivity contribution >= 4 is 0 Å². The first-order chi connectivity index (χ1) is 18.8. The topological polar surface area (TPSA) is 27.1 Å². The zero-order chi connectivity index (χ0) is 28.8. The fraction of sp³-hybridized carbons (Fsp3) is 0.324. The van der Waals surface area contributed by atoms with Crippen molar-refractivity contribution in [1.29, 1.82) is 0 Å². The molecule has 0 fully saturated rings. The fourth-order valence-electron chi connectivity index (χ4n) is 5.50. The van der Waals surface area contributed by atoms with Gasteiger partial charge in [-0.1, -0.05) is 89.6 Å². The van der Waals surface area contributed by atoms with Crippen LogP contribution in [-0.4, -0.2) is 9.78 Å². The average molecular weight is 724 g/mol. The largest absolute Gasteiger partial charge is 2.00 e. The Bertz CT molecular complexity index is 1630. The molecule has 0 amide bonds. The van der Waals surface area contributed by atoms with E-state index >= 15 is 0 Å². The number of nitrogens with zero attached hydrogens (tertiary/aromatic N) is 2. The van der Waals surface area contributed by atoms with Crippen LogP contribution in [0, 0.1) is 31.4 Å². The fourth-order valence-corrected chi connectivity index (χ4v) is 5.50. The third kappa shape index (κ3) is 6.36. The van der Waals surface area contributed by atoms with Crippen molar-refractivity contribution in [2.24, 2.45) is 5.41 Å². The average Bonchev–Trinajstić information content (AvgIpc) is 3.38. The molecule has 4 aromatic rings. The first kappa shape index (κ1) is 30.8. The molecule has 0 saturated carbocycles. The molecule has 1 aromatic heterocycles. The quantitative estimate of drug-likeness (QED) is 0.152. The molecule has 0 radical (unpaired) electrons. The molecule has 1 unspecified atom stereocenters. The molecule has 1 atom stereocenters. The van der Waals surface area contributed by atoms with Crippen LogP contribution in [0.2, 0.25) is 0 Å². The van der Waals surface area contributed by atoms with Crippen molar-refractivity contribution in [3.05, 3.63) is 119 Å². The van der Waals surface area contributed by atoms with E-state index in [1.54, 1.807) is 0 Å². The maximum atomic E-state index is 6.51. The summed E-state index contributed by atoms with van der Waals surface area (Å²) in [6.45, 7) is 19.6. The second kappa shape index (κ2) is 11.6. The van der Waals surface area contributed by atoms with Crippen LogP contribution in [0.25, 0.3) is 16.8 Å². The minimum atomic E-state index is -0.0607. The van der Waals surface area contributed by atoms with E-state index in [9.17, 15) is 0 Å². The maximum absolute atomic E-state index is 6.51. The van der Waals surface area contributed by atoms with Gasteiger partial charge in [0.15, 0.2) is 0 Å².